The normalized spacial score (nSPS) is 12.6. The van der Waals surface area contributed by atoms with Crippen molar-refractivity contribution in [2.45, 2.75) is 45.8 Å². The number of hydrogen-bond donors (Lipinski definition) is 2. The first-order chi connectivity index (χ1) is 9.19. The van der Waals surface area contributed by atoms with Gasteiger partial charge in [0.15, 0.2) is 0 Å². The quantitative estimate of drug-likeness (QED) is 0.879. The van der Waals surface area contributed by atoms with Gasteiger partial charge in [-0.15, -0.1) is 0 Å². The summed E-state index contributed by atoms with van der Waals surface area (Å²) in [5.74, 6) is -1.10. The first kappa shape index (κ1) is 15.9. The molecule has 6 nitrogen and oxygen atoms in total. The van der Waals surface area contributed by atoms with Gasteiger partial charge in [-0.2, -0.15) is 0 Å². The van der Waals surface area contributed by atoms with E-state index in [-0.39, 0.29) is 6.42 Å². The van der Waals surface area contributed by atoms with Crippen LogP contribution in [0.2, 0.25) is 0 Å². The molecule has 6 heteroatoms. The average Bonchev–Trinajstić information content (AvgIpc) is 2.28. The summed E-state index contributed by atoms with van der Waals surface area (Å²) in [4.78, 5) is 26.8. The molecule has 0 aromatic carbocycles. The van der Waals surface area contributed by atoms with Gasteiger partial charge in [-0.3, -0.25) is 4.98 Å². The average molecular weight is 280 g/mol. The fraction of sp³-hybridized carbons (Fsp3) is 0.500. The molecule has 0 bridgehead atoms. The van der Waals surface area contributed by atoms with Gasteiger partial charge < -0.3 is 15.2 Å². The Kier molecular flexibility index (Phi) is 5.07. The van der Waals surface area contributed by atoms with Gasteiger partial charge in [-0.05, 0) is 44.9 Å². The molecular formula is C14H20N2O4. The number of aromatic nitrogens is 1. The highest BCUT2D eigenvalue weighted by molar-refractivity contribution is 5.80. The van der Waals surface area contributed by atoms with Crippen LogP contribution in [-0.2, 0) is 16.0 Å². The van der Waals surface area contributed by atoms with Gasteiger partial charge in [-0.25, -0.2) is 9.59 Å². The smallest absolute Gasteiger partial charge is 0.408 e. The molecule has 2 N–H and O–H groups in total. The molecule has 0 aliphatic carbocycles. The second-order valence-electron chi connectivity index (χ2n) is 5.54. The maximum atomic E-state index is 11.6. The van der Waals surface area contributed by atoms with Crippen molar-refractivity contribution in [1.82, 2.24) is 10.3 Å². The highest BCUT2D eigenvalue weighted by atomic mass is 16.6. The van der Waals surface area contributed by atoms with Crippen LogP contribution in [0.25, 0.3) is 0 Å². The number of carboxylic acid groups (broad SMARTS) is 1. The van der Waals surface area contributed by atoms with Crippen molar-refractivity contribution in [3.05, 3.63) is 29.6 Å². The van der Waals surface area contributed by atoms with Crippen LogP contribution < -0.4 is 5.32 Å². The van der Waals surface area contributed by atoms with E-state index in [1.807, 2.05) is 6.92 Å². The largest absolute Gasteiger partial charge is 0.480 e. The van der Waals surface area contributed by atoms with E-state index in [9.17, 15) is 14.7 Å². The van der Waals surface area contributed by atoms with Crippen molar-refractivity contribution in [2.24, 2.45) is 0 Å². The third kappa shape index (κ3) is 5.26. The molecule has 1 amide bonds. The Labute approximate surface area is 118 Å². The Hall–Kier alpha value is -2.11. The monoisotopic (exact) mass is 280 g/mol. The predicted molar refractivity (Wildman–Crippen MR) is 73.5 cm³/mol. The van der Waals surface area contributed by atoms with Crippen molar-refractivity contribution in [1.29, 1.82) is 0 Å². The minimum absolute atomic E-state index is 0.183. The van der Waals surface area contributed by atoms with Gasteiger partial charge in [0.05, 0.1) is 0 Å². The summed E-state index contributed by atoms with van der Waals surface area (Å²) in [5, 5.41) is 11.6. The maximum absolute atomic E-state index is 11.6. The number of alkyl carbamates (subject to hydrolysis) is 1. The van der Waals surface area contributed by atoms with Crippen LogP contribution in [0, 0.1) is 6.92 Å². The molecule has 1 atom stereocenters. The number of amides is 1. The highest BCUT2D eigenvalue weighted by Crippen LogP contribution is 2.10. The molecule has 0 spiro atoms. The van der Waals surface area contributed by atoms with E-state index in [4.69, 9.17) is 4.74 Å². The van der Waals surface area contributed by atoms with Crippen LogP contribution in [0.3, 0.4) is 0 Å². The topological polar surface area (TPSA) is 88.5 Å². The Morgan fingerprint density at radius 3 is 2.60 bits per heavy atom. The summed E-state index contributed by atoms with van der Waals surface area (Å²) in [6, 6.07) is 0.702. The maximum Gasteiger partial charge on any atom is 0.408 e. The van der Waals surface area contributed by atoms with E-state index < -0.39 is 23.7 Å². The van der Waals surface area contributed by atoms with Crippen LogP contribution in [-0.4, -0.2) is 33.8 Å². The minimum Gasteiger partial charge on any atom is -0.480 e. The number of ether oxygens (including phenoxy) is 1. The van der Waals surface area contributed by atoms with Crippen molar-refractivity contribution in [3.8, 4) is 0 Å². The predicted octanol–water partition coefficient (Wildman–Crippen LogP) is 1.91. The van der Waals surface area contributed by atoms with E-state index in [0.717, 1.165) is 11.1 Å². The minimum atomic E-state index is -1.10. The molecule has 0 aliphatic heterocycles. The molecule has 110 valence electrons. The van der Waals surface area contributed by atoms with E-state index in [2.05, 4.69) is 10.3 Å². The number of carbonyl (C=O) groups is 2. The zero-order valence-corrected chi connectivity index (χ0v) is 12.1. The number of pyridine rings is 1. The number of aliphatic carboxylic acids is 1. The second-order valence-corrected chi connectivity index (χ2v) is 5.54. The third-order valence-corrected chi connectivity index (χ3v) is 2.55. The molecule has 0 unspecified atom stereocenters. The van der Waals surface area contributed by atoms with E-state index >= 15 is 0 Å². The number of hydrogen-bond acceptors (Lipinski definition) is 4. The van der Waals surface area contributed by atoms with Crippen LogP contribution in [0.5, 0.6) is 0 Å². The van der Waals surface area contributed by atoms with E-state index in [1.54, 1.807) is 39.2 Å². The summed E-state index contributed by atoms with van der Waals surface area (Å²) in [6.45, 7) is 6.99. The first-order valence-electron chi connectivity index (χ1n) is 6.31. The second kappa shape index (κ2) is 6.36. The van der Waals surface area contributed by atoms with Gasteiger partial charge >= 0.3 is 12.1 Å². The Balaban J connectivity index is 2.74. The molecule has 1 heterocycles. The van der Waals surface area contributed by atoms with E-state index in [1.165, 1.54) is 0 Å². The Morgan fingerprint density at radius 1 is 1.45 bits per heavy atom. The van der Waals surface area contributed by atoms with Crippen molar-refractivity contribution in [2.75, 3.05) is 0 Å². The fourth-order valence-corrected chi connectivity index (χ4v) is 1.60. The SMILES string of the molecule is Cc1cnccc1C[C@H](NC(=O)OC(C)(C)C)C(=O)O. The fourth-order valence-electron chi connectivity index (χ4n) is 1.60. The number of carbonyl (C=O) groups excluding carboxylic acids is 1. The lowest BCUT2D eigenvalue weighted by molar-refractivity contribution is -0.139. The summed E-state index contributed by atoms with van der Waals surface area (Å²) in [6.07, 6.45) is 2.69. The van der Waals surface area contributed by atoms with Gasteiger partial charge in [0.1, 0.15) is 11.6 Å². The molecular weight excluding hydrogens is 260 g/mol. The molecule has 1 aromatic heterocycles. The molecule has 1 rings (SSSR count). The zero-order chi connectivity index (χ0) is 15.3. The van der Waals surface area contributed by atoms with Crippen LogP contribution in [0.4, 0.5) is 4.79 Å². The first-order valence-corrected chi connectivity index (χ1v) is 6.31. The molecule has 20 heavy (non-hydrogen) atoms. The van der Waals surface area contributed by atoms with Crippen molar-refractivity contribution in [3.63, 3.8) is 0 Å². The molecule has 1 aromatic rings. The summed E-state index contributed by atoms with van der Waals surface area (Å²) >= 11 is 0. The van der Waals surface area contributed by atoms with Gasteiger partial charge in [0.2, 0.25) is 0 Å². The third-order valence-electron chi connectivity index (χ3n) is 2.55. The summed E-state index contributed by atoms with van der Waals surface area (Å²) < 4.78 is 5.06. The summed E-state index contributed by atoms with van der Waals surface area (Å²) in [7, 11) is 0. The van der Waals surface area contributed by atoms with Gasteiger partial charge in [-0.1, -0.05) is 0 Å². The molecule has 0 fully saturated rings. The van der Waals surface area contributed by atoms with E-state index in [0.29, 0.717) is 0 Å². The van der Waals surface area contributed by atoms with Crippen LogP contribution >= 0.6 is 0 Å². The highest BCUT2D eigenvalue weighted by Gasteiger charge is 2.24. The lowest BCUT2D eigenvalue weighted by Gasteiger charge is -2.22. The van der Waals surface area contributed by atoms with Crippen LogP contribution in [0.1, 0.15) is 31.9 Å². The van der Waals surface area contributed by atoms with Gasteiger partial charge in [0.25, 0.3) is 0 Å². The lowest BCUT2D eigenvalue weighted by atomic mass is 10.0. The Bertz CT molecular complexity index is 494. The standard InChI is InChI=1S/C14H20N2O4/c1-9-8-15-6-5-10(9)7-11(12(17)18)16-13(19)20-14(2,3)4/h5-6,8,11H,7H2,1-4H3,(H,16,19)(H,17,18)/t11-/m0/s1. The summed E-state index contributed by atoms with van der Waals surface area (Å²) in [5.41, 5.74) is 1.04. The number of nitrogens with zero attached hydrogens (tertiary/aromatic N) is 1. The van der Waals surface area contributed by atoms with Crippen molar-refractivity contribution >= 4 is 12.1 Å². The van der Waals surface area contributed by atoms with Crippen LogP contribution in [0.15, 0.2) is 18.5 Å². The number of carboxylic acids is 1. The number of nitrogens with one attached hydrogen (secondary N) is 1. The van der Waals surface area contributed by atoms with Crippen molar-refractivity contribution < 1.29 is 19.4 Å². The number of rotatable bonds is 4. The van der Waals surface area contributed by atoms with Gasteiger partial charge in [0, 0.05) is 18.8 Å². The number of aryl methyl sites for hydroxylation is 1. The zero-order valence-electron chi connectivity index (χ0n) is 12.1. The Morgan fingerprint density at radius 2 is 2.10 bits per heavy atom. The molecule has 0 radical (unpaired) electrons. The lowest BCUT2D eigenvalue weighted by Crippen LogP contribution is -2.44. The molecule has 0 saturated carbocycles. The molecule has 0 aliphatic rings. The molecule has 0 saturated heterocycles.